The molecule has 35 heavy (non-hydrogen) atoms. The number of fused-ring (bicyclic) bond motifs is 1. The molecule has 1 atom stereocenters. The molecule has 0 spiro atoms. The highest BCUT2D eigenvalue weighted by Crippen LogP contribution is 2.33. The lowest BCUT2D eigenvalue weighted by molar-refractivity contribution is -0.149. The van der Waals surface area contributed by atoms with E-state index in [-0.39, 0.29) is 25.1 Å². The van der Waals surface area contributed by atoms with Gasteiger partial charge in [-0.25, -0.2) is 0 Å². The van der Waals surface area contributed by atoms with E-state index in [0.717, 1.165) is 22.3 Å². The largest absolute Gasteiger partial charge is 0.489 e. The zero-order valence-corrected chi connectivity index (χ0v) is 19.8. The van der Waals surface area contributed by atoms with Crippen LogP contribution in [0, 0.1) is 6.01 Å². The zero-order chi connectivity index (χ0) is 24.8. The summed E-state index contributed by atoms with van der Waals surface area (Å²) < 4.78 is 35.8. The normalized spacial score (nSPS) is 12.0. The Labute approximate surface area is 203 Å². The maximum absolute atomic E-state index is 14.0. The molecule has 4 rings (SSSR count). The number of ether oxygens (including phenoxy) is 3. The number of rotatable bonds is 10. The minimum atomic E-state index is -0.652. The van der Waals surface area contributed by atoms with Gasteiger partial charge in [0.15, 0.2) is 0 Å². The Balaban J connectivity index is 1.57. The Hall–Kier alpha value is -3.68. The summed E-state index contributed by atoms with van der Waals surface area (Å²) in [6, 6.07) is 19.5. The molecule has 0 aliphatic rings. The van der Waals surface area contributed by atoms with Gasteiger partial charge in [0.2, 0.25) is 0 Å². The molecule has 1 unspecified atom stereocenters. The SMILES string of the molecule is COCC(C)OC(=O)Cc1ccccc1OCc1cc(-c2cccc(CN)c2)c2oc(F)cc2c1. The Morgan fingerprint density at radius 1 is 1.06 bits per heavy atom. The van der Waals surface area contributed by atoms with Crippen molar-refractivity contribution in [3.63, 3.8) is 0 Å². The monoisotopic (exact) mass is 477 g/mol. The zero-order valence-electron chi connectivity index (χ0n) is 19.8. The van der Waals surface area contributed by atoms with Crippen LogP contribution in [0.4, 0.5) is 4.39 Å². The second-order valence-corrected chi connectivity index (χ2v) is 8.35. The molecular formula is C28H28FNO5. The van der Waals surface area contributed by atoms with E-state index in [9.17, 15) is 9.18 Å². The molecule has 0 radical (unpaired) electrons. The average molecular weight is 478 g/mol. The molecule has 1 aromatic heterocycles. The highest BCUT2D eigenvalue weighted by Gasteiger charge is 2.16. The van der Waals surface area contributed by atoms with Crippen LogP contribution in [-0.4, -0.2) is 25.8 Å². The van der Waals surface area contributed by atoms with Crippen molar-refractivity contribution < 1.29 is 27.8 Å². The molecule has 7 heteroatoms. The molecule has 4 aromatic rings. The van der Waals surface area contributed by atoms with Gasteiger partial charge in [0, 0.05) is 36.2 Å². The predicted octanol–water partition coefficient (Wildman–Crippen LogP) is 5.40. The highest BCUT2D eigenvalue weighted by molar-refractivity contribution is 5.93. The fourth-order valence-corrected chi connectivity index (χ4v) is 3.99. The van der Waals surface area contributed by atoms with Gasteiger partial charge in [-0.05, 0) is 47.9 Å². The number of esters is 1. The van der Waals surface area contributed by atoms with E-state index in [2.05, 4.69) is 0 Å². The highest BCUT2D eigenvalue weighted by atomic mass is 19.1. The van der Waals surface area contributed by atoms with Crippen LogP contribution in [0.2, 0.25) is 0 Å². The Morgan fingerprint density at radius 3 is 2.69 bits per heavy atom. The summed E-state index contributed by atoms with van der Waals surface area (Å²) in [7, 11) is 1.56. The standard InChI is InChI=1S/C28H28FNO5/c1-18(16-32-2)34-27(31)14-22-7-3-4-9-25(22)33-17-20-11-23-13-26(29)35-28(23)24(12-20)21-8-5-6-19(10-21)15-30/h3-13,18H,14-17,30H2,1-2H3. The summed E-state index contributed by atoms with van der Waals surface area (Å²) in [5.74, 6) is 0.219. The fraction of sp³-hybridized carbons (Fsp3) is 0.250. The average Bonchev–Trinajstić information content (AvgIpc) is 3.23. The van der Waals surface area contributed by atoms with Crippen molar-refractivity contribution in [2.45, 2.75) is 32.6 Å². The van der Waals surface area contributed by atoms with Gasteiger partial charge in [0.05, 0.1) is 13.0 Å². The van der Waals surface area contributed by atoms with Crippen LogP contribution in [0.3, 0.4) is 0 Å². The van der Waals surface area contributed by atoms with Crippen LogP contribution >= 0.6 is 0 Å². The van der Waals surface area contributed by atoms with E-state index in [1.165, 1.54) is 6.07 Å². The van der Waals surface area contributed by atoms with Gasteiger partial charge < -0.3 is 24.4 Å². The minimum absolute atomic E-state index is 0.0767. The van der Waals surface area contributed by atoms with E-state index in [0.29, 0.717) is 35.4 Å². The molecule has 1 heterocycles. The van der Waals surface area contributed by atoms with Crippen LogP contribution in [0.1, 0.15) is 23.6 Å². The molecule has 0 fully saturated rings. The molecule has 0 bridgehead atoms. The van der Waals surface area contributed by atoms with Crippen molar-refractivity contribution in [3.05, 3.63) is 89.4 Å². The number of halogens is 1. The van der Waals surface area contributed by atoms with Crippen LogP contribution in [0.25, 0.3) is 22.1 Å². The lowest BCUT2D eigenvalue weighted by Gasteiger charge is -2.15. The number of benzene rings is 3. The number of methoxy groups -OCH3 is 1. The number of para-hydroxylation sites is 1. The first-order valence-electron chi connectivity index (χ1n) is 11.4. The number of furan rings is 1. The first kappa shape index (κ1) is 24.4. The van der Waals surface area contributed by atoms with Gasteiger partial charge in [-0.1, -0.05) is 36.4 Å². The molecule has 182 valence electrons. The van der Waals surface area contributed by atoms with Gasteiger partial charge in [-0.15, -0.1) is 0 Å². The molecule has 6 nitrogen and oxygen atoms in total. The molecule has 0 aliphatic carbocycles. The molecule has 0 aliphatic heterocycles. The van der Waals surface area contributed by atoms with Crippen LogP contribution < -0.4 is 10.5 Å². The molecule has 0 amide bonds. The van der Waals surface area contributed by atoms with E-state index in [1.807, 2.05) is 60.7 Å². The Morgan fingerprint density at radius 2 is 1.89 bits per heavy atom. The summed E-state index contributed by atoms with van der Waals surface area (Å²) >= 11 is 0. The number of hydrogen-bond acceptors (Lipinski definition) is 6. The summed E-state index contributed by atoms with van der Waals surface area (Å²) in [5, 5.41) is 0.640. The van der Waals surface area contributed by atoms with E-state index >= 15 is 0 Å². The van der Waals surface area contributed by atoms with E-state index < -0.39 is 6.01 Å². The lowest BCUT2D eigenvalue weighted by atomic mass is 9.99. The third-order valence-electron chi connectivity index (χ3n) is 5.56. The van der Waals surface area contributed by atoms with Gasteiger partial charge >= 0.3 is 5.97 Å². The van der Waals surface area contributed by atoms with Gasteiger partial charge in [-0.2, -0.15) is 4.39 Å². The van der Waals surface area contributed by atoms with Crippen LogP contribution in [-0.2, 0) is 33.8 Å². The number of carbonyl (C=O) groups excluding carboxylic acids is 1. The third kappa shape index (κ3) is 6.07. The van der Waals surface area contributed by atoms with Crippen LogP contribution in [0.5, 0.6) is 5.75 Å². The molecular weight excluding hydrogens is 449 g/mol. The van der Waals surface area contributed by atoms with Crippen molar-refractivity contribution in [1.29, 1.82) is 0 Å². The van der Waals surface area contributed by atoms with Crippen molar-refractivity contribution in [2.75, 3.05) is 13.7 Å². The predicted molar refractivity (Wildman–Crippen MR) is 131 cm³/mol. The van der Waals surface area contributed by atoms with Crippen molar-refractivity contribution in [1.82, 2.24) is 0 Å². The summed E-state index contributed by atoms with van der Waals surface area (Å²) in [6.45, 7) is 2.73. The molecule has 2 N–H and O–H groups in total. The molecule has 0 saturated carbocycles. The quantitative estimate of drug-likeness (QED) is 0.308. The van der Waals surface area contributed by atoms with Crippen LogP contribution in [0.15, 0.2) is 71.1 Å². The maximum atomic E-state index is 14.0. The number of hydrogen-bond donors (Lipinski definition) is 1. The molecule has 0 saturated heterocycles. The van der Waals surface area contributed by atoms with Crippen molar-refractivity contribution in [2.24, 2.45) is 5.73 Å². The van der Waals surface area contributed by atoms with Gasteiger partial charge in [0.25, 0.3) is 6.01 Å². The minimum Gasteiger partial charge on any atom is -0.489 e. The summed E-state index contributed by atoms with van der Waals surface area (Å²) in [4.78, 5) is 12.3. The topological polar surface area (TPSA) is 83.9 Å². The fourth-order valence-electron chi connectivity index (χ4n) is 3.99. The van der Waals surface area contributed by atoms with E-state index in [4.69, 9.17) is 24.4 Å². The van der Waals surface area contributed by atoms with E-state index in [1.54, 1.807) is 14.0 Å². The van der Waals surface area contributed by atoms with Crippen molar-refractivity contribution in [3.8, 4) is 16.9 Å². The first-order chi connectivity index (χ1) is 17.0. The number of carbonyl (C=O) groups is 1. The summed E-state index contributed by atoms with van der Waals surface area (Å²) in [6.07, 6.45) is -0.258. The van der Waals surface area contributed by atoms with Crippen molar-refractivity contribution >= 4 is 16.9 Å². The number of nitrogens with two attached hydrogens (primary N) is 1. The lowest BCUT2D eigenvalue weighted by Crippen LogP contribution is -2.21. The smallest absolute Gasteiger partial charge is 0.310 e. The summed E-state index contributed by atoms with van der Waals surface area (Å²) in [5.41, 5.74) is 10.4. The van der Waals surface area contributed by atoms with Gasteiger partial charge in [-0.3, -0.25) is 4.79 Å². The Kier molecular flexibility index (Phi) is 7.80. The van der Waals surface area contributed by atoms with Gasteiger partial charge in [0.1, 0.15) is 24.0 Å². The Bertz CT molecular complexity index is 1320. The second-order valence-electron chi connectivity index (χ2n) is 8.35. The molecule has 3 aromatic carbocycles. The first-order valence-corrected chi connectivity index (χ1v) is 11.4. The second kappa shape index (κ2) is 11.2. The maximum Gasteiger partial charge on any atom is 0.310 e. The third-order valence-corrected chi connectivity index (χ3v) is 5.56.